The molecule has 3 rings (SSSR count). The van der Waals surface area contributed by atoms with E-state index in [4.69, 9.17) is 9.47 Å². The van der Waals surface area contributed by atoms with Gasteiger partial charge in [-0.05, 0) is 31.7 Å². The lowest BCUT2D eigenvalue weighted by molar-refractivity contribution is -0.124. The predicted molar refractivity (Wildman–Crippen MR) is 102 cm³/mol. The molecule has 1 aliphatic carbocycles. The summed E-state index contributed by atoms with van der Waals surface area (Å²) in [5.41, 5.74) is 0.895. The van der Waals surface area contributed by atoms with Crippen molar-refractivity contribution in [2.24, 2.45) is 0 Å². The number of benzene rings is 1. The van der Waals surface area contributed by atoms with Crippen molar-refractivity contribution < 1.29 is 19.1 Å². The summed E-state index contributed by atoms with van der Waals surface area (Å²) in [4.78, 5) is 27.0. The monoisotopic (exact) mass is 375 g/mol. The molecule has 0 aromatic heterocycles. The van der Waals surface area contributed by atoms with Gasteiger partial charge in [0.2, 0.25) is 5.91 Å². The highest BCUT2D eigenvalue weighted by Gasteiger charge is 2.31. The highest BCUT2D eigenvalue weighted by molar-refractivity contribution is 5.87. The fraction of sp³-hybridized carbons (Fsp3) is 0.600. The zero-order valence-electron chi connectivity index (χ0n) is 16.1. The number of urea groups is 1. The summed E-state index contributed by atoms with van der Waals surface area (Å²) in [5, 5.41) is 5.76. The minimum Gasteiger partial charge on any atom is -0.493 e. The maximum atomic E-state index is 13.1. The van der Waals surface area contributed by atoms with Crippen molar-refractivity contribution in [2.45, 2.75) is 57.2 Å². The van der Waals surface area contributed by atoms with Gasteiger partial charge in [-0.1, -0.05) is 25.0 Å². The second-order valence-corrected chi connectivity index (χ2v) is 7.15. The Morgan fingerprint density at radius 3 is 2.63 bits per heavy atom. The Labute approximate surface area is 160 Å². The summed E-state index contributed by atoms with van der Waals surface area (Å²) in [6.07, 6.45) is 5.76. The van der Waals surface area contributed by atoms with Crippen molar-refractivity contribution >= 4 is 11.9 Å². The quantitative estimate of drug-likeness (QED) is 0.800. The summed E-state index contributed by atoms with van der Waals surface area (Å²) >= 11 is 0. The van der Waals surface area contributed by atoms with Gasteiger partial charge in [-0.2, -0.15) is 0 Å². The summed E-state index contributed by atoms with van der Waals surface area (Å²) in [6.45, 7) is 1.10. The van der Waals surface area contributed by atoms with Crippen LogP contribution in [-0.4, -0.2) is 49.7 Å². The van der Waals surface area contributed by atoms with Crippen molar-refractivity contribution in [3.05, 3.63) is 23.8 Å². The number of piperidine rings is 1. The van der Waals surface area contributed by atoms with Gasteiger partial charge in [0.25, 0.3) is 0 Å². The molecular weight excluding hydrogens is 346 g/mol. The number of carbonyl (C=O) groups is 2. The van der Waals surface area contributed by atoms with Gasteiger partial charge in [0.1, 0.15) is 6.04 Å². The zero-order chi connectivity index (χ0) is 19.2. The molecule has 7 heteroatoms. The Bertz CT molecular complexity index is 673. The van der Waals surface area contributed by atoms with E-state index in [9.17, 15) is 9.59 Å². The molecule has 2 fully saturated rings. The van der Waals surface area contributed by atoms with Gasteiger partial charge in [-0.25, -0.2) is 4.79 Å². The van der Waals surface area contributed by atoms with Gasteiger partial charge in [-0.15, -0.1) is 0 Å². The number of nitrogens with zero attached hydrogens (tertiary/aromatic N) is 1. The molecule has 148 valence electrons. The molecule has 1 aromatic rings. The number of ether oxygens (including phenoxy) is 2. The zero-order valence-corrected chi connectivity index (χ0v) is 16.1. The number of hydrogen-bond acceptors (Lipinski definition) is 4. The first kappa shape index (κ1) is 19.3. The number of carbonyl (C=O) groups excluding carboxylic acids is 2. The van der Waals surface area contributed by atoms with Crippen LogP contribution in [0.5, 0.6) is 11.5 Å². The van der Waals surface area contributed by atoms with E-state index in [1.807, 2.05) is 23.1 Å². The number of amides is 3. The van der Waals surface area contributed by atoms with E-state index in [2.05, 4.69) is 10.6 Å². The van der Waals surface area contributed by atoms with Crippen LogP contribution in [0, 0.1) is 0 Å². The SMILES string of the molecule is COc1cccc(CN(C(=O)NC2CCCNC2=O)C2CCCC2)c1OC. The third-order valence-corrected chi connectivity index (χ3v) is 5.43. The second-order valence-electron chi connectivity index (χ2n) is 7.15. The Hall–Kier alpha value is -2.44. The van der Waals surface area contributed by atoms with Crippen LogP contribution in [0.4, 0.5) is 4.79 Å². The van der Waals surface area contributed by atoms with Crippen molar-refractivity contribution in [3.8, 4) is 11.5 Å². The van der Waals surface area contributed by atoms with E-state index in [1.165, 1.54) is 0 Å². The minimum atomic E-state index is -0.456. The molecule has 2 N–H and O–H groups in total. The van der Waals surface area contributed by atoms with Crippen molar-refractivity contribution in [3.63, 3.8) is 0 Å². The highest BCUT2D eigenvalue weighted by atomic mass is 16.5. The lowest BCUT2D eigenvalue weighted by atomic mass is 10.1. The number of methoxy groups -OCH3 is 2. The second kappa shape index (κ2) is 8.97. The summed E-state index contributed by atoms with van der Waals surface area (Å²) < 4.78 is 10.9. The van der Waals surface area contributed by atoms with Gasteiger partial charge in [0.15, 0.2) is 11.5 Å². The smallest absolute Gasteiger partial charge is 0.318 e. The van der Waals surface area contributed by atoms with E-state index in [0.29, 0.717) is 31.0 Å². The Morgan fingerprint density at radius 1 is 1.19 bits per heavy atom. The van der Waals surface area contributed by atoms with Crippen molar-refractivity contribution in [1.29, 1.82) is 0 Å². The normalized spacial score (nSPS) is 20.1. The molecule has 2 aliphatic rings. The van der Waals surface area contributed by atoms with Gasteiger partial charge >= 0.3 is 6.03 Å². The number of rotatable bonds is 6. The summed E-state index contributed by atoms with van der Waals surface area (Å²) in [5.74, 6) is 1.19. The minimum absolute atomic E-state index is 0.0973. The maximum absolute atomic E-state index is 13.1. The predicted octanol–water partition coefficient (Wildman–Crippen LogP) is 2.44. The van der Waals surface area contributed by atoms with Crippen LogP contribution < -0.4 is 20.1 Å². The van der Waals surface area contributed by atoms with Crippen LogP contribution in [0.25, 0.3) is 0 Å². The van der Waals surface area contributed by atoms with Crippen LogP contribution in [0.1, 0.15) is 44.1 Å². The Balaban J connectivity index is 1.79. The summed E-state index contributed by atoms with van der Waals surface area (Å²) in [6, 6.07) is 5.22. The molecule has 1 saturated heterocycles. The third kappa shape index (κ3) is 4.46. The first-order valence-electron chi connectivity index (χ1n) is 9.68. The molecule has 0 spiro atoms. The molecule has 1 aromatic carbocycles. The van der Waals surface area contributed by atoms with E-state index in [-0.39, 0.29) is 18.0 Å². The fourth-order valence-electron chi connectivity index (χ4n) is 3.99. The Kier molecular flexibility index (Phi) is 6.42. The van der Waals surface area contributed by atoms with Gasteiger partial charge in [0, 0.05) is 18.2 Å². The number of para-hydroxylation sites is 1. The molecule has 27 heavy (non-hydrogen) atoms. The molecular formula is C20H29N3O4. The van der Waals surface area contributed by atoms with Crippen molar-refractivity contribution in [2.75, 3.05) is 20.8 Å². The summed E-state index contributed by atoms with van der Waals surface area (Å²) in [7, 11) is 3.21. The van der Waals surface area contributed by atoms with Gasteiger partial charge in [-0.3, -0.25) is 4.79 Å². The molecule has 0 bridgehead atoms. The largest absolute Gasteiger partial charge is 0.493 e. The molecule has 1 atom stereocenters. The molecule has 0 radical (unpaired) electrons. The van der Waals surface area contributed by atoms with E-state index >= 15 is 0 Å². The van der Waals surface area contributed by atoms with E-state index in [1.54, 1.807) is 14.2 Å². The average Bonchev–Trinajstić information content (AvgIpc) is 3.21. The van der Waals surface area contributed by atoms with E-state index < -0.39 is 6.04 Å². The third-order valence-electron chi connectivity index (χ3n) is 5.43. The van der Waals surface area contributed by atoms with Gasteiger partial charge < -0.3 is 25.0 Å². The Morgan fingerprint density at radius 2 is 1.96 bits per heavy atom. The number of nitrogens with one attached hydrogen (secondary N) is 2. The molecule has 1 unspecified atom stereocenters. The molecule has 1 aliphatic heterocycles. The van der Waals surface area contributed by atoms with Crippen LogP contribution in [-0.2, 0) is 11.3 Å². The molecule has 7 nitrogen and oxygen atoms in total. The fourth-order valence-corrected chi connectivity index (χ4v) is 3.99. The first-order valence-corrected chi connectivity index (χ1v) is 9.68. The topological polar surface area (TPSA) is 79.9 Å². The maximum Gasteiger partial charge on any atom is 0.318 e. The van der Waals surface area contributed by atoms with Crippen LogP contribution >= 0.6 is 0 Å². The van der Waals surface area contributed by atoms with Crippen LogP contribution in [0.3, 0.4) is 0 Å². The van der Waals surface area contributed by atoms with Crippen molar-refractivity contribution in [1.82, 2.24) is 15.5 Å². The average molecular weight is 375 g/mol. The molecule has 1 heterocycles. The lowest BCUT2D eigenvalue weighted by Gasteiger charge is -2.32. The molecule has 1 saturated carbocycles. The first-order chi connectivity index (χ1) is 13.1. The van der Waals surface area contributed by atoms with Crippen LogP contribution in [0.15, 0.2) is 18.2 Å². The number of hydrogen-bond donors (Lipinski definition) is 2. The highest BCUT2D eigenvalue weighted by Crippen LogP contribution is 2.33. The van der Waals surface area contributed by atoms with Gasteiger partial charge in [0.05, 0.1) is 20.8 Å². The standard InChI is InChI=1S/C20H29N3O4/c1-26-17-11-5-7-14(18(17)27-2)13-23(15-8-3-4-9-15)20(25)22-16-10-6-12-21-19(16)24/h5,7,11,15-16H,3-4,6,8-10,12-13H2,1-2H3,(H,21,24)(H,22,25). The molecule has 3 amide bonds. The van der Waals surface area contributed by atoms with Crippen LogP contribution in [0.2, 0.25) is 0 Å². The lowest BCUT2D eigenvalue weighted by Crippen LogP contribution is -2.54. The van der Waals surface area contributed by atoms with E-state index in [0.717, 1.165) is 37.7 Å².